The molecule has 2 aromatic carbocycles. The number of urea groups is 1. The fourth-order valence-electron chi connectivity index (χ4n) is 3.41. The standard InChI is InChI=1S/C22H26N4O4/c1-28-19-12-18(13-20(29-2)21(19)30-3)24-22(27)26-10-8-25(9-11-26)15-17-6-4-16(14-23)5-7-17/h4-7,12-13H,8-11,15H2,1-3H3,(H,24,27). The topological polar surface area (TPSA) is 87.1 Å². The summed E-state index contributed by atoms with van der Waals surface area (Å²) in [4.78, 5) is 16.8. The molecule has 3 rings (SSSR count). The van der Waals surface area contributed by atoms with Crippen molar-refractivity contribution < 1.29 is 19.0 Å². The van der Waals surface area contributed by atoms with Crippen LogP contribution < -0.4 is 19.5 Å². The van der Waals surface area contributed by atoms with Gasteiger partial charge >= 0.3 is 6.03 Å². The monoisotopic (exact) mass is 410 g/mol. The molecule has 1 N–H and O–H groups in total. The van der Waals surface area contributed by atoms with E-state index in [4.69, 9.17) is 19.5 Å². The molecule has 1 heterocycles. The lowest BCUT2D eigenvalue weighted by Gasteiger charge is -2.34. The molecule has 0 atom stereocenters. The summed E-state index contributed by atoms with van der Waals surface area (Å²) < 4.78 is 16.0. The molecular formula is C22H26N4O4. The van der Waals surface area contributed by atoms with Gasteiger partial charge in [-0.1, -0.05) is 12.1 Å². The fraction of sp³-hybridized carbons (Fsp3) is 0.364. The average Bonchev–Trinajstić information content (AvgIpc) is 2.79. The highest BCUT2D eigenvalue weighted by atomic mass is 16.5. The first-order valence-electron chi connectivity index (χ1n) is 9.65. The maximum atomic E-state index is 12.7. The van der Waals surface area contributed by atoms with Crippen LogP contribution in [0.2, 0.25) is 0 Å². The number of anilines is 1. The van der Waals surface area contributed by atoms with E-state index in [-0.39, 0.29) is 6.03 Å². The van der Waals surface area contributed by atoms with Gasteiger partial charge in [-0.15, -0.1) is 0 Å². The number of benzene rings is 2. The molecule has 0 saturated carbocycles. The van der Waals surface area contributed by atoms with Gasteiger partial charge in [-0.3, -0.25) is 4.90 Å². The summed E-state index contributed by atoms with van der Waals surface area (Å²) in [6.07, 6.45) is 0. The summed E-state index contributed by atoms with van der Waals surface area (Å²) in [5.74, 6) is 1.45. The van der Waals surface area contributed by atoms with Crippen LogP contribution in [0.3, 0.4) is 0 Å². The molecule has 1 aliphatic heterocycles. The molecular weight excluding hydrogens is 384 g/mol. The summed E-state index contributed by atoms with van der Waals surface area (Å²) in [5.41, 5.74) is 2.39. The van der Waals surface area contributed by atoms with Crippen LogP contribution in [-0.4, -0.2) is 63.3 Å². The van der Waals surface area contributed by atoms with E-state index in [2.05, 4.69) is 16.3 Å². The van der Waals surface area contributed by atoms with Gasteiger partial charge in [-0.25, -0.2) is 4.79 Å². The molecule has 8 heteroatoms. The zero-order valence-electron chi connectivity index (χ0n) is 17.5. The maximum Gasteiger partial charge on any atom is 0.321 e. The van der Waals surface area contributed by atoms with Crippen molar-refractivity contribution in [2.75, 3.05) is 52.8 Å². The Morgan fingerprint density at radius 1 is 1.00 bits per heavy atom. The van der Waals surface area contributed by atoms with Crippen LogP contribution in [0.5, 0.6) is 17.2 Å². The Hall–Kier alpha value is -3.44. The number of hydrogen-bond donors (Lipinski definition) is 1. The number of carbonyl (C=O) groups is 1. The maximum absolute atomic E-state index is 12.7. The van der Waals surface area contributed by atoms with E-state index in [0.717, 1.165) is 25.2 Å². The number of methoxy groups -OCH3 is 3. The summed E-state index contributed by atoms with van der Waals surface area (Å²) in [6.45, 7) is 3.62. The predicted molar refractivity (Wildman–Crippen MR) is 113 cm³/mol. The van der Waals surface area contributed by atoms with Gasteiger partial charge in [0, 0.05) is 44.9 Å². The third-order valence-electron chi connectivity index (χ3n) is 5.06. The molecule has 0 unspecified atom stereocenters. The number of piperazine rings is 1. The van der Waals surface area contributed by atoms with Gasteiger partial charge < -0.3 is 24.4 Å². The van der Waals surface area contributed by atoms with E-state index in [0.29, 0.717) is 41.6 Å². The second kappa shape index (κ2) is 9.85. The largest absolute Gasteiger partial charge is 0.493 e. The Bertz CT molecular complexity index is 891. The first kappa shape index (κ1) is 21.3. The van der Waals surface area contributed by atoms with Crippen LogP contribution in [0.1, 0.15) is 11.1 Å². The van der Waals surface area contributed by atoms with Gasteiger partial charge in [0.05, 0.1) is 38.6 Å². The Morgan fingerprint density at radius 2 is 1.60 bits per heavy atom. The van der Waals surface area contributed by atoms with Gasteiger partial charge in [-0.2, -0.15) is 5.26 Å². The minimum absolute atomic E-state index is 0.165. The molecule has 0 aliphatic carbocycles. The quantitative estimate of drug-likeness (QED) is 0.788. The highest BCUT2D eigenvalue weighted by Gasteiger charge is 2.22. The van der Waals surface area contributed by atoms with E-state index in [1.165, 1.54) is 21.3 Å². The second-order valence-electron chi connectivity index (χ2n) is 6.92. The zero-order valence-corrected chi connectivity index (χ0v) is 17.5. The SMILES string of the molecule is COc1cc(NC(=O)N2CCN(Cc3ccc(C#N)cc3)CC2)cc(OC)c1OC. The van der Waals surface area contributed by atoms with Crippen LogP contribution in [0.4, 0.5) is 10.5 Å². The molecule has 1 fully saturated rings. The van der Waals surface area contributed by atoms with Gasteiger partial charge in [0.15, 0.2) is 11.5 Å². The number of carbonyl (C=O) groups excluding carboxylic acids is 1. The minimum Gasteiger partial charge on any atom is -0.493 e. The molecule has 1 aliphatic rings. The molecule has 0 aromatic heterocycles. The molecule has 2 amide bonds. The van der Waals surface area contributed by atoms with Gasteiger partial charge in [0.2, 0.25) is 5.75 Å². The zero-order chi connectivity index (χ0) is 21.5. The molecule has 158 valence electrons. The number of nitriles is 1. The molecule has 0 spiro atoms. The molecule has 1 saturated heterocycles. The Balaban J connectivity index is 1.57. The summed E-state index contributed by atoms with van der Waals surface area (Å²) in [5, 5.41) is 11.8. The van der Waals surface area contributed by atoms with Crippen molar-refractivity contribution in [3.63, 3.8) is 0 Å². The van der Waals surface area contributed by atoms with Gasteiger partial charge in [-0.05, 0) is 17.7 Å². The Morgan fingerprint density at radius 3 is 2.10 bits per heavy atom. The molecule has 30 heavy (non-hydrogen) atoms. The van der Waals surface area contributed by atoms with Crippen molar-refractivity contribution in [2.45, 2.75) is 6.54 Å². The number of rotatable bonds is 6. The summed E-state index contributed by atoms with van der Waals surface area (Å²) >= 11 is 0. The van der Waals surface area contributed by atoms with Gasteiger partial charge in [0.25, 0.3) is 0 Å². The number of ether oxygens (including phenoxy) is 3. The van der Waals surface area contributed by atoms with Crippen molar-refractivity contribution in [3.8, 4) is 23.3 Å². The smallest absolute Gasteiger partial charge is 0.321 e. The molecule has 2 aromatic rings. The summed E-state index contributed by atoms with van der Waals surface area (Å²) in [7, 11) is 4.61. The first-order valence-corrected chi connectivity index (χ1v) is 9.65. The predicted octanol–water partition coefficient (Wildman–Crippen LogP) is 2.93. The number of nitrogens with zero attached hydrogens (tertiary/aromatic N) is 3. The molecule has 0 radical (unpaired) electrons. The average molecular weight is 410 g/mol. The normalized spacial score (nSPS) is 14.0. The number of nitrogens with one attached hydrogen (secondary N) is 1. The van der Waals surface area contributed by atoms with Crippen LogP contribution in [0.15, 0.2) is 36.4 Å². The lowest BCUT2D eigenvalue weighted by atomic mass is 10.1. The lowest BCUT2D eigenvalue weighted by Crippen LogP contribution is -2.49. The lowest BCUT2D eigenvalue weighted by molar-refractivity contribution is 0.143. The van der Waals surface area contributed by atoms with Crippen molar-refractivity contribution >= 4 is 11.7 Å². The van der Waals surface area contributed by atoms with Crippen LogP contribution in [0, 0.1) is 11.3 Å². The highest BCUT2D eigenvalue weighted by Crippen LogP contribution is 2.40. The molecule has 0 bridgehead atoms. The van der Waals surface area contributed by atoms with Crippen LogP contribution >= 0.6 is 0 Å². The molecule has 8 nitrogen and oxygen atoms in total. The van der Waals surface area contributed by atoms with E-state index in [9.17, 15) is 4.79 Å². The number of hydrogen-bond acceptors (Lipinski definition) is 6. The van der Waals surface area contributed by atoms with E-state index >= 15 is 0 Å². The third kappa shape index (κ3) is 4.93. The van der Waals surface area contributed by atoms with Crippen LogP contribution in [-0.2, 0) is 6.54 Å². The Labute approximate surface area is 176 Å². The van der Waals surface area contributed by atoms with Crippen molar-refractivity contribution in [3.05, 3.63) is 47.5 Å². The van der Waals surface area contributed by atoms with E-state index in [1.807, 2.05) is 24.3 Å². The highest BCUT2D eigenvalue weighted by molar-refractivity contribution is 5.90. The van der Waals surface area contributed by atoms with Crippen molar-refractivity contribution in [2.24, 2.45) is 0 Å². The van der Waals surface area contributed by atoms with E-state index < -0.39 is 0 Å². The Kier molecular flexibility index (Phi) is 6.99. The second-order valence-corrected chi connectivity index (χ2v) is 6.92. The third-order valence-corrected chi connectivity index (χ3v) is 5.06. The summed E-state index contributed by atoms with van der Waals surface area (Å²) in [6, 6.07) is 13.0. The van der Waals surface area contributed by atoms with Crippen LogP contribution in [0.25, 0.3) is 0 Å². The van der Waals surface area contributed by atoms with Crippen molar-refractivity contribution in [1.29, 1.82) is 5.26 Å². The minimum atomic E-state index is -0.165. The van der Waals surface area contributed by atoms with Gasteiger partial charge in [0.1, 0.15) is 0 Å². The van der Waals surface area contributed by atoms with Crippen molar-refractivity contribution in [1.82, 2.24) is 9.80 Å². The van der Waals surface area contributed by atoms with E-state index in [1.54, 1.807) is 17.0 Å². The fourth-order valence-corrected chi connectivity index (χ4v) is 3.41. The number of amides is 2. The first-order chi connectivity index (χ1) is 14.6.